The zero-order valence-corrected chi connectivity index (χ0v) is 11.6. The number of halogens is 1. The maximum Gasteiger partial charge on any atom is 0.261 e. The van der Waals surface area contributed by atoms with Gasteiger partial charge in [0.1, 0.15) is 0 Å². The van der Waals surface area contributed by atoms with E-state index >= 15 is 0 Å². The van der Waals surface area contributed by atoms with Crippen LogP contribution in [-0.2, 0) is 16.6 Å². The molecule has 0 atom stereocenters. The lowest BCUT2D eigenvalue weighted by Gasteiger charge is -2.08. The Balaban J connectivity index is 1.82. The van der Waals surface area contributed by atoms with Gasteiger partial charge in [-0.15, -0.1) is 0 Å². The minimum Gasteiger partial charge on any atom is -0.454 e. The van der Waals surface area contributed by atoms with Gasteiger partial charge in [-0.2, -0.15) is 0 Å². The molecule has 3 rings (SSSR count). The van der Waals surface area contributed by atoms with E-state index in [1.54, 1.807) is 18.2 Å². The van der Waals surface area contributed by atoms with Gasteiger partial charge in [-0.05, 0) is 18.2 Å². The smallest absolute Gasteiger partial charge is 0.261 e. The van der Waals surface area contributed by atoms with Crippen molar-refractivity contribution in [2.75, 3.05) is 6.79 Å². The normalized spacial score (nSPS) is 13.4. The molecule has 1 aliphatic rings. The van der Waals surface area contributed by atoms with E-state index in [2.05, 4.69) is 9.71 Å². The van der Waals surface area contributed by atoms with Crippen LogP contribution < -0.4 is 14.2 Å². The quantitative estimate of drug-likeness (QED) is 0.924. The van der Waals surface area contributed by atoms with Gasteiger partial charge in [-0.3, -0.25) is 0 Å². The first-order chi connectivity index (χ1) is 10.1. The number of para-hydroxylation sites is 1. The molecule has 1 N–H and O–H groups in total. The number of hydrogen-bond donors (Lipinski definition) is 1. The molecular weight excluding hydrogens is 299 g/mol. The van der Waals surface area contributed by atoms with Crippen LogP contribution in [0.2, 0.25) is 0 Å². The largest absolute Gasteiger partial charge is 0.454 e. The first kappa shape index (κ1) is 13.8. The van der Waals surface area contributed by atoms with Crippen molar-refractivity contribution in [2.45, 2.75) is 11.6 Å². The van der Waals surface area contributed by atoms with Crippen molar-refractivity contribution in [3.63, 3.8) is 0 Å². The van der Waals surface area contributed by atoms with Gasteiger partial charge in [0.05, 0.1) is 0 Å². The predicted molar refractivity (Wildman–Crippen MR) is 70.8 cm³/mol. The Morgan fingerprint density at radius 2 is 2.10 bits per heavy atom. The summed E-state index contributed by atoms with van der Waals surface area (Å²) in [5.41, 5.74) is 0.602. The number of aromatic nitrogens is 1. The summed E-state index contributed by atoms with van der Waals surface area (Å²) < 4.78 is 50.4. The maximum absolute atomic E-state index is 13.5. The summed E-state index contributed by atoms with van der Waals surface area (Å²) in [5.74, 6) is 0.139. The Kier molecular flexibility index (Phi) is 3.48. The van der Waals surface area contributed by atoms with Gasteiger partial charge >= 0.3 is 0 Å². The van der Waals surface area contributed by atoms with E-state index in [0.29, 0.717) is 17.1 Å². The van der Waals surface area contributed by atoms with Crippen molar-refractivity contribution in [3.8, 4) is 11.5 Å². The Labute approximate surface area is 120 Å². The molecule has 0 fully saturated rings. The summed E-state index contributed by atoms with van der Waals surface area (Å²) in [6, 6.07) is 7.50. The average Bonchev–Trinajstić information content (AvgIpc) is 2.94. The van der Waals surface area contributed by atoms with Gasteiger partial charge in [0.2, 0.25) is 11.8 Å². The Hall–Kier alpha value is -2.19. The molecule has 8 heteroatoms. The standard InChI is InChI=1S/C13H11FN2O4S/c14-10-4-2-6-15-13(10)21(17,18)16-7-9-3-1-5-11-12(9)20-8-19-11/h1-6,16H,7-8H2. The molecule has 0 radical (unpaired) electrons. The van der Waals surface area contributed by atoms with Gasteiger partial charge in [-0.25, -0.2) is 22.5 Å². The van der Waals surface area contributed by atoms with Crippen LogP contribution in [0.4, 0.5) is 4.39 Å². The Morgan fingerprint density at radius 1 is 1.24 bits per heavy atom. The third-order valence-corrected chi connectivity index (χ3v) is 4.24. The number of benzene rings is 1. The Morgan fingerprint density at radius 3 is 2.90 bits per heavy atom. The zero-order valence-electron chi connectivity index (χ0n) is 10.7. The molecule has 0 bridgehead atoms. The van der Waals surface area contributed by atoms with Crippen LogP contribution in [0.25, 0.3) is 0 Å². The molecular formula is C13H11FN2O4S. The zero-order chi connectivity index (χ0) is 14.9. The number of fused-ring (bicyclic) bond motifs is 1. The van der Waals surface area contributed by atoms with Crippen LogP contribution in [0, 0.1) is 5.82 Å². The minimum absolute atomic E-state index is 0.0507. The van der Waals surface area contributed by atoms with Crippen LogP contribution in [0.1, 0.15) is 5.56 Å². The first-order valence-electron chi connectivity index (χ1n) is 6.05. The second-order valence-corrected chi connectivity index (χ2v) is 5.95. The lowest BCUT2D eigenvalue weighted by Crippen LogP contribution is -2.25. The average molecular weight is 310 g/mol. The molecule has 0 aliphatic carbocycles. The van der Waals surface area contributed by atoms with Crippen molar-refractivity contribution >= 4 is 10.0 Å². The highest BCUT2D eigenvalue weighted by atomic mass is 32.2. The van der Waals surface area contributed by atoms with Crippen molar-refractivity contribution in [1.29, 1.82) is 0 Å². The molecule has 6 nitrogen and oxygen atoms in total. The van der Waals surface area contributed by atoms with E-state index < -0.39 is 20.9 Å². The van der Waals surface area contributed by atoms with Gasteiger partial charge < -0.3 is 9.47 Å². The number of ether oxygens (including phenoxy) is 2. The topological polar surface area (TPSA) is 77.5 Å². The van der Waals surface area contributed by atoms with Crippen LogP contribution >= 0.6 is 0 Å². The molecule has 110 valence electrons. The molecule has 1 aromatic carbocycles. The highest BCUT2D eigenvalue weighted by Gasteiger charge is 2.22. The van der Waals surface area contributed by atoms with Crippen LogP contribution in [0.15, 0.2) is 41.6 Å². The second kappa shape index (κ2) is 5.30. The summed E-state index contributed by atoms with van der Waals surface area (Å²) in [5, 5.41) is -0.630. The lowest BCUT2D eigenvalue weighted by atomic mass is 10.2. The molecule has 0 amide bonds. The number of sulfonamides is 1. The minimum atomic E-state index is -4.04. The van der Waals surface area contributed by atoms with Crippen molar-refractivity contribution in [2.24, 2.45) is 0 Å². The molecule has 0 unspecified atom stereocenters. The van der Waals surface area contributed by atoms with Gasteiger partial charge in [0, 0.05) is 18.3 Å². The summed E-state index contributed by atoms with van der Waals surface area (Å²) in [4.78, 5) is 3.55. The number of nitrogens with one attached hydrogen (secondary N) is 1. The lowest BCUT2D eigenvalue weighted by molar-refractivity contribution is 0.173. The number of rotatable bonds is 4. The molecule has 2 heterocycles. The molecule has 0 saturated carbocycles. The van der Waals surface area contributed by atoms with E-state index in [9.17, 15) is 12.8 Å². The highest BCUT2D eigenvalue weighted by molar-refractivity contribution is 7.89. The maximum atomic E-state index is 13.5. The van der Waals surface area contributed by atoms with E-state index in [1.165, 1.54) is 12.3 Å². The summed E-state index contributed by atoms with van der Waals surface area (Å²) in [6.07, 6.45) is 1.22. The summed E-state index contributed by atoms with van der Waals surface area (Å²) >= 11 is 0. The number of hydrogen-bond acceptors (Lipinski definition) is 5. The predicted octanol–water partition coefficient (Wildman–Crippen LogP) is 1.43. The number of nitrogens with zero attached hydrogens (tertiary/aromatic N) is 1. The molecule has 2 aromatic rings. The third kappa shape index (κ3) is 2.67. The van der Waals surface area contributed by atoms with Gasteiger partial charge in [0.15, 0.2) is 17.3 Å². The molecule has 0 saturated heterocycles. The highest BCUT2D eigenvalue weighted by Crippen LogP contribution is 2.35. The van der Waals surface area contributed by atoms with Gasteiger partial charge in [-0.1, -0.05) is 12.1 Å². The fourth-order valence-corrected chi connectivity index (χ4v) is 2.95. The molecule has 1 aromatic heterocycles. The second-order valence-electron chi connectivity index (χ2n) is 4.27. The van der Waals surface area contributed by atoms with Crippen LogP contribution in [0.3, 0.4) is 0 Å². The SMILES string of the molecule is O=S(=O)(NCc1cccc2c1OCO2)c1ncccc1F. The molecule has 1 aliphatic heterocycles. The van der Waals surface area contributed by atoms with Crippen LogP contribution in [0.5, 0.6) is 11.5 Å². The van der Waals surface area contributed by atoms with E-state index in [-0.39, 0.29) is 13.3 Å². The number of pyridine rings is 1. The van der Waals surface area contributed by atoms with Crippen LogP contribution in [-0.4, -0.2) is 20.2 Å². The van der Waals surface area contributed by atoms with E-state index in [0.717, 1.165) is 6.07 Å². The first-order valence-corrected chi connectivity index (χ1v) is 7.54. The molecule has 0 spiro atoms. The third-order valence-electron chi connectivity index (χ3n) is 2.91. The Bertz CT molecular complexity index is 779. The summed E-state index contributed by atoms with van der Waals surface area (Å²) in [7, 11) is -4.04. The van der Waals surface area contributed by atoms with Crippen molar-refractivity contribution in [3.05, 3.63) is 47.9 Å². The molecule has 21 heavy (non-hydrogen) atoms. The fraction of sp³-hybridized carbons (Fsp3) is 0.154. The van der Waals surface area contributed by atoms with E-state index in [4.69, 9.17) is 9.47 Å². The van der Waals surface area contributed by atoms with Crippen molar-refractivity contribution in [1.82, 2.24) is 9.71 Å². The summed E-state index contributed by atoms with van der Waals surface area (Å²) in [6.45, 7) is 0.0405. The monoisotopic (exact) mass is 310 g/mol. The van der Waals surface area contributed by atoms with Crippen molar-refractivity contribution < 1.29 is 22.3 Å². The fourth-order valence-electron chi connectivity index (χ4n) is 1.94. The van der Waals surface area contributed by atoms with E-state index in [1.807, 2.05) is 0 Å². The van der Waals surface area contributed by atoms with Gasteiger partial charge in [0.25, 0.3) is 10.0 Å².